The highest BCUT2D eigenvalue weighted by Crippen LogP contribution is 2.20. The predicted molar refractivity (Wildman–Crippen MR) is 393 cm³/mol. The van der Waals surface area contributed by atoms with Crippen molar-refractivity contribution in [2.45, 2.75) is 469 Å². The van der Waals surface area contributed by atoms with E-state index in [9.17, 15) is 19.8 Å². The number of aliphatic hydroxyl groups is 2. The molecule has 0 heterocycles. The van der Waals surface area contributed by atoms with E-state index in [0.717, 1.165) is 51.4 Å². The highest BCUT2D eigenvalue weighted by atomic mass is 16.5. The van der Waals surface area contributed by atoms with Crippen molar-refractivity contribution in [1.29, 1.82) is 0 Å². The molecule has 0 aromatic rings. The van der Waals surface area contributed by atoms with Gasteiger partial charge in [-0.3, -0.25) is 9.59 Å². The number of unbranched alkanes of at least 4 members (excludes halogenated alkanes) is 62. The number of hydrogen-bond acceptors (Lipinski definition) is 5. The van der Waals surface area contributed by atoms with Gasteiger partial charge in [0.1, 0.15) is 0 Å². The second kappa shape index (κ2) is 78.5. The van der Waals surface area contributed by atoms with Crippen molar-refractivity contribution < 1.29 is 24.5 Å². The highest BCUT2D eigenvalue weighted by molar-refractivity contribution is 5.76. The average Bonchev–Trinajstić information content (AvgIpc) is 3.64. The number of hydrogen-bond donors (Lipinski definition) is 3. The fourth-order valence-corrected chi connectivity index (χ4v) is 13.0. The molecule has 0 rings (SSSR count). The molecule has 2 unspecified atom stereocenters. The Kier molecular flexibility index (Phi) is 76.8. The normalized spacial score (nSPS) is 12.6. The Hall–Kier alpha value is -1.92. The zero-order valence-corrected chi connectivity index (χ0v) is 60.4. The molecule has 0 fully saturated rings. The van der Waals surface area contributed by atoms with Crippen LogP contribution in [0.4, 0.5) is 0 Å². The second-order valence-electron chi connectivity index (χ2n) is 28.1. The lowest BCUT2D eigenvalue weighted by atomic mass is 10.0. The second-order valence-corrected chi connectivity index (χ2v) is 28.1. The van der Waals surface area contributed by atoms with Crippen LogP contribution in [0.2, 0.25) is 0 Å². The zero-order chi connectivity index (χ0) is 64.2. The molecule has 0 radical (unpaired) electrons. The maximum atomic E-state index is 12.6. The molecule has 6 nitrogen and oxygen atoms in total. The van der Waals surface area contributed by atoms with Crippen molar-refractivity contribution in [3.05, 3.63) is 36.5 Å². The monoisotopic (exact) mass is 1250 g/mol. The summed E-state index contributed by atoms with van der Waals surface area (Å²) in [4.78, 5) is 24.7. The van der Waals surface area contributed by atoms with Gasteiger partial charge in [0, 0.05) is 12.8 Å². The van der Waals surface area contributed by atoms with E-state index >= 15 is 0 Å². The number of allylic oxidation sites excluding steroid dienone is 5. The van der Waals surface area contributed by atoms with Crippen molar-refractivity contribution in [1.82, 2.24) is 5.32 Å². The minimum Gasteiger partial charge on any atom is -0.466 e. The van der Waals surface area contributed by atoms with Gasteiger partial charge in [0.15, 0.2) is 0 Å². The molecule has 0 aliphatic heterocycles. The van der Waals surface area contributed by atoms with Crippen LogP contribution in [0.3, 0.4) is 0 Å². The molecule has 0 aliphatic carbocycles. The molecular formula is C83H159NO5. The summed E-state index contributed by atoms with van der Waals surface area (Å²) >= 11 is 0. The number of esters is 1. The SMILES string of the molecule is CCCCC/C=C\C/C=C\CCCCCCCCCC(=O)OCCCCCCCCCCCCCCCCCCCCCCCCCCCCCCCCCC(=O)NC(CO)C(O)/C=C/CCCCCCCCCCCCCCCCCCCCCCCC. The number of rotatable bonds is 77. The van der Waals surface area contributed by atoms with Gasteiger partial charge in [-0.25, -0.2) is 0 Å². The summed E-state index contributed by atoms with van der Waals surface area (Å²) in [7, 11) is 0. The van der Waals surface area contributed by atoms with Gasteiger partial charge in [0.2, 0.25) is 5.91 Å². The van der Waals surface area contributed by atoms with E-state index in [4.69, 9.17) is 4.74 Å². The Bertz CT molecular complexity index is 1440. The number of amides is 1. The van der Waals surface area contributed by atoms with Crippen molar-refractivity contribution in [3.63, 3.8) is 0 Å². The quantitative estimate of drug-likeness (QED) is 0.0320. The summed E-state index contributed by atoms with van der Waals surface area (Å²) in [6.45, 7) is 4.93. The van der Waals surface area contributed by atoms with Gasteiger partial charge in [-0.1, -0.05) is 416 Å². The lowest BCUT2D eigenvalue weighted by Crippen LogP contribution is -2.45. The fraction of sp³-hybridized carbons (Fsp3) is 0.904. The van der Waals surface area contributed by atoms with E-state index in [1.54, 1.807) is 6.08 Å². The third-order valence-electron chi connectivity index (χ3n) is 19.2. The first kappa shape index (κ1) is 87.1. The molecule has 0 bridgehead atoms. The van der Waals surface area contributed by atoms with Crippen molar-refractivity contribution in [3.8, 4) is 0 Å². The number of ether oxygens (including phenoxy) is 1. The fourth-order valence-electron chi connectivity index (χ4n) is 13.0. The summed E-state index contributed by atoms with van der Waals surface area (Å²) in [6.07, 6.45) is 103. The van der Waals surface area contributed by atoms with Crippen LogP contribution < -0.4 is 5.32 Å². The van der Waals surface area contributed by atoms with E-state index in [1.807, 2.05) is 6.08 Å². The molecule has 2 atom stereocenters. The summed E-state index contributed by atoms with van der Waals surface area (Å²) in [6, 6.07) is -0.626. The van der Waals surface area contributed by atoms with Gasteiger partial charge < -0.3 is 20.3 Å². The summed E-state index contributed by atoms with van der Waals surface area (Å²) in [5.41, 5.74) is 0. The van der Waals surface area contributed by atoms with E-state index < -0.39 is 12.1 Å². The largest absolute Gasteiger partial charge is 0.466 e. The van der Waals surface area contributed by atoms with Crippen molar-refractivity contribution >= 4 is 11.9 Å². The smallest absolute Gasteiger partial charge is 0.305 e. The number of nitrogens with one attached hydrogen (secondary N) is 1. The van der Waals surface area contributed by atoms with Gasteiger partial charge >= 0.3 is 5.97 Å². The molecule has 1 amide bonds. The van der Waals surface area contributed by atoms with Crippen molar-refractivity contribution in [2.75, 3.05) is 13.2 Å². The first-order chi connectivity index (χ1) is 44.0. The van der Waals surface area contributed by atoms with Crippen LogP contribution in [0, 0.1) is 0 Å². The minimum atomic E-state index is -0.843. The Balaban J connectivity index is 3.35. The van der Waals surface area contributed by atoms with Crippen molar-refractivity contribution in [2.24, 2.45) is 0 Å². The molecule has 0 saturated carbocycles. The third-order valence-corrected chi connectivity index (χ3v) is 19.2. The van der Waals surface area contributed by atoms with E-state index in [2.05, 4.69) is 43.5 Å². The first-order valence-electron chi connectivity index (χ1n) is 40.8. The number of aliphatic hydroxyl groups excluding tert-OH is 2. The van der Waals surface area contributed by atoms with Crippen LogP contribution in [0.1, 0.15) is 457 Å². The standard InChI is InChI=1S/C83H159NO5/c1-3-5-7-9-11-13-15-17-19-21-22-23-24-34-37-40-44-47-51-55-59-63-67-71-75-81(86)80(79-85)84-82(87)76-72-68-64-60-56-52-48-45-41-38-35-32-30-28-26-25-27-29-31-33-36-39-42-46-50-54-58-62-66-70-74-78-89-83(88)77-73-69-65-61-57-53-49-43-20-18-16-14-12-10-8-6-4-2/h12,14,18,20,71,75,80-81,85-86H,3-11,13,15-17,19,21-70,72-74,76-79H2,1-2H3,(H,84,87)/b14-12-,20-18-,75-71+. The van der Waals surface area contributed by atoms with E-state index in [1.165, 1.54) is 379 Å². The maximum absolute atomic E-state index is 12.6. The van der Waals surface area contributed by atoms with Gasteiger partial charge in [0.25, 0.3) is 0 Å². The van der Waals surface area contributed by atoms with Gasteiger partial charge in [0.05, 0.1) is 25.4 Å². The van der Waals surface area contributed by atoms with Gasteiger partial charge in [-0.2, -0.15) is 0 Å². The molecule has 0 aromatic carbocycles. The van der Waals surface area contributed by atoms with Gasteiger partial charge in [-0.15, -0.1) is 0 Å². The lowest BCUT2D eigenvalue weighted by molar-refractivity contribution is -0.143. The van der Waals surface area contributed by atoms with Crippen LogP contribution in [0.25, 0.3) is 0 Å². The van der Waals surface area contributed by atoms with E-state index in [0.29, 0.717) is 19.4 Å². The number of carbonyl (C=O) groups is 2. The Morgan fingerprint density at radius 2 is 0.562 bits per heavy atom. The molecular weight excluding hydrogens is 1090 g/mol. The topological polar surface area (TPSA) is 95.9 Å². The predicted octanol–water partition coefficient (Wildman–Crippen LogP) is 27.0. The Labute approximate surface area is 557 Å². The third kappa shape index (κ3) is 75.0. The molecule has 0 aliphatic rings. The lowest BCUT2D eigenvalue weighted by Gasteiger charge is -2.20. The van der Waals surface area contributed by atoms with Crippen LogP contribution in [-0.4, -0.2) is 47.4 Å². The average molecular weight is 1250 g/mol. The molecule has 0 spiro atoms. The van der Waals surface area contributed by atoms with Crippen LogP contribution >= 0.6 is 0 Å². The van der Waals surface area contributed by atoms with Crippen LogP contribution in [-0.2, 0) is 14.3 Å². The zero-order valence-electron chi connectivity index (χ0n) is 60.4. The highest BCUT2D eigenvalue weighted by Gasteiger charge is 2.18. The van der Waals surface area contributed by atoms with Crippen LogP contribution in [0.5, 0.6) is 0 Å². The molecule has 526 valence electrons. The molecule has 89 heavy (non-hydrogen) atoms. The minimum absolute atomic E-state index is 0.0134. The molecule has 3 N–H and O–H groups in total. The van der Waals surface area contributed by atoms with Crippen LogP contribution in [0.15, 0.2) is 36.5 Å². The first-order valence-corrected chi connectivity index (χ1v) is 40.8. The molecule has 6 heteroatoms. The van der Waals surface area contributed by atoms with E-state index in [-0.39, 0.29) is 18.5 Å². The molecule has 0 saturated heterocycles. The maximum Gasteiger partial charge on any atom is 0.305 e. The van der Waals surface area contributed by atoms with Gasteiger partial charge in [-0.05, 0) is 64.2 Å². The summed E-state index contributed by atoms with van der Waals surface area (Å²) < 4.78 is 5.51. The Morgan fingerprint density at radius 1 is 0.315 bits per heavy atom. The molecule has 0 aromatic heterocycles. The summed E-state index contributed by atoms with van der Waals surface area (Å²) in [5, 5.41) is 23.3. The summed E-state index contributed by atoms with van der Waals surface area (Å²) in [5.74, 6) is -0.0452. The number of carbonyl (C=O) groups excluding carboxylic acids is 2. The Morgan fingerprint density at radius 3 is 0.876 bits per heavy atom.